The monoisotopic (exact) mass is 286 g/mol. The van der Waals surface area contributed by atoms with Gasteiger partial charge in [-0.2, -0.15) is 0 Å². The van der Waals surface area contributed by atoms with Crippen LogP contribution in [-0.4, -0.2) is 36.1 Å². The highest BCUT2D eigenvalue weighted by Gasteiger charge is 2.20. The van der Waals surface area contributed by atoms with Gasteiger partial charge in [0.25, 0.3) is 0 Å². The van der Waals surface area contributed by atoms with Crippen LogP contribution < -0.4 is 9.80 Å². The molecule has 1 saturated heterocycles. The third kappa shape index (κ3) is 2.38. The molecule has 3 heterocycles. The van der Waals surface area contributed by atoms with E-state index in [0.29, 0.717) is 5.15 Å². The van der Waals surface area contributed by atoms with Crippen LogP contribution in [-0.2, 0) is 0 Å². The molecule has 17 heavy (non-hydrogen) atoms. The Morgan fingerprint density at radius 2 is 1.76 bits per heavy atom. The maximum atomic E-state index is 5.84. The molecule has 0 bridgehead atoms. The van der Waals surface area contributed by atoms with E-state index in [1.165, 1.54) is 0 Å². The Morgan fingerprint density at radius 3 is 2.29 bits per heavy atom. The Bertz CT molecular complexity index is 476. The van der Waals surface area contributed by atoms with E-state index < -0.39 is 0 Å². The fraction of sp³-hybridized carbons (Fsp3) is 0.400. The van der Waals surface area contributed by atoms with E-state index in [1.54, 1.807) is 22.7 Å². The Kier molecular flexibility index (Phi) is 3.17. The first kappa shape index (κ1) is 11.3. The number of piperazine rings is 1. The summed E-state index contributed by atoms with van der Waals surface area (Å²) in [7, 11) is 0. The maximum absolute atomic E-state index is 5.84. The molecule has 0 saturated carbocycles. The summed E-state index contributed by atoms with van der Waals surface area (Å²) < 4.78 is 0. The van der Waals surface area contributed by atoms with Crippen molar-refractivity contribution in [2.45, 2.75) is 0 Å². The van der Waals surface area contributed by atoms with E-state index in [4.69, 9.17) is 11.6 Å². The Labute approximate surface area is 112 Å². The van der Waals surface area contributed by atoms with Gasteiger partial charge in [-0.3, -0.25) is 0 Å². The zero-order valence-corrected chi connectivity index (χ0v) is 11.4. The largest absolute Gasteiger partial charge is 0.345 e. The molecule has 0 aromatic carbocycles. The summed E-state index contributed by atoms with van der Waals surface area (Å²) in [5, 5.41) is 6.62. The Balaban J connectivity index is 1.64. The summed E-state index contributed by atoms with van der Waals surface area (Å²) in [6, 6.07) is 0. The number of aromatic nitrogens is 2. The summed E-state index contributed by atoms with van der Waals surface area (Å²) in [6.07, 6.45) is 1.85. The SMILES string of the molecule is Clc1csc(N2CCN(c3nccs3)CC2)n1. The summed E-state index contributed by atoms with van der Waals surface area (Å²) in [5.74, 6) is 0. The third-order valence-corrected chi connectivity index (χ3v) is 4.76. The first-order valence-electron chi connectivity index (χ1n) is 5.33. The predicted molar refractivity (Wildman–Crippen MR) is 73.7 cm³/mol. The second-order valence-electron chi connectivity index (χ2n) is 3.74. The van der Waals surface area contributed by atoms with Gasteiger partial charge >= 0.3 is 0 Å². The molecule has 1 fully saturated rings. The minimum atomic E-state index is 0.590. The van der Waals surface area contributed by atoms with Gasteiger partial charge in [0.15, 0.2) is 10.3 Å². The normalized spacial score (nSPS) is 16.5. The third-order valence-electron chi connectivity index (χ3n) is 2.70. The summed E-state index contributed by atoms with van der Waals surface area (Å²) >= 11 is 9.14. The molecule has 2 aromatic heterocycles. The summed E-state index contributed by atoms with van der Waals surface area (Å²) in [4.78, 5) is 13.2. The molecule has 4 nitrogen and oxygen atoms in total. The van der Waals surface area contributed by atoms with Crippen LogP contribution in [0.3, 0.4) is 0 Å². The van der Waals surface area contributed by atoms with Crippen molar-refractivity contribution in [3.05, 3.63) is 22.1 Å². The number of nitrogens with zero attached hydrogens (tertiary/aromatic N) is 4. The molecule has 3 rings (SSSR count). The average molecular weight is 287 g/mol. The quantitative estimate of drug-likeness (QED) is 0.849. The van der Waals surface area contributed by atoms with Crippen molar-refractivity contribution in [3.8, 4) is 0 Å². The molecule has 0 aliphatic carbocycles. The molecule has 0 radical (unpaired) electrons. The molecule has 7 heteroatoms. The molecule has 0 atom stereocenters. The molecular formula is C10H11ClN4S2. The van der Waals surface area contributed by atoms with Gasteiger partial charge in [0, 0.05) is 43.1 Å². The molecule has 1 aliphatic rings. The van der Waals surface area contributed by atoms with Gasteiger partial charge in [-0.15, -0.1) is 22.7 Å². The van der Waals surface area contributed by atoms with Crippen molar-refractivity contribution < 1.29 is 0 Å². The topological polar surface area (TPSA) is 32.3 Å². The zero-order valence-electron chi connectivity index (χ0n) is 9.04. The molecule has 90 valence electrons. The predicted octanol–water partition coefficient (Wildman–Crippen LogP) is 2.58. The van der Waals surface area contributed by atoms with Gasteiger partial charge in [0.1, 0.15) is 5.15 Å². The molecule has 0 N–H and O–H groups in total. The van der Waals surface area contributed by atoms with Crippen LogP contribution in [0, 0.1) is 0 Å². The van der Waals surface area contributed by atoms with Crippen LogP contribution in [0.25, 0.3) is 0 Å². The lowest BCUT2D eigenvalue weighted by atomic mass is 10.3. The van der Waals surface area contributed by atoms with Gasteiger partial charge in [-0.25, -0.2) is 9.97 Å². The molecule has 0 spiro atoms. The lowest BCUT2D eigenvalue weighted by molar-refractivity contribution is 0.650. The molecule has 1 aliphatic heterocycles. The van der Waals surface area contributed by atoms with Crippen LogP contribution in [0.1, 0.15) is 0 Å². The Hall–Kier alpha value is -0.850. The highest BCUT2D eigenvalue weighted by Crippen LogP contribution is 2.26. The lowest BCUT2D eigenvalue weighted by Gasteiger charge is -2.34. The van der Waals surface area contributed by atoms with Crippen LogP contribution in [0.5, 0.6) is 0 Å². The van der Waals surface area contributed by atoms with E-state index >= 15 is 0 Å². The minimum Gasteiger partial charge on any atom is -0.345 e. The molecule has 2 aromatic rings. The first-order chi connectivity index (χ1) is 8.33. The number of anilines is 2. The van der Waals surface area contributed by atoms with Crippen molar-refractivity contribution in [3.63, 3.8) is 0 Å². The smallest absolute Gasteiger partial charge is 0.186 e. The number of rotatable bonds is 2. The van der Waals surface area contributed by atoms with Gasteiger partial charge in [0.05, 0.1) is 0 Å². The van der Waals surface area contributed by atoms with E-state index in [2.05, 4.69) is 19.8 Å². The fourth-order valence-corrected chi connectivity index (χ4v) is 3.55. The number of halogens is 1. The average Bonchev–Trinajstić information content (AvgIpc) is 3.00. The minimum absolute atomic E-state index is 0.590. The summed E-state index contributed by atoms with van der Waals surface area (Å²) in [5.41, 5.74) is 0. The maximum Gasteiger partial charge on any atom is 0.186 e. The fourth-order valence-electron chi connectivity index (χ4n) is 1.85. The highest BCUT2D eigenvalue weighted by molar-refractivity contribution is 7.14. The van der Waals surface area contributed by atoms with Gasteiger partial charge in [0.2, 0.25) is 0 Å². The first-order valence-corrected chi connectivity index (χ1v) is 7.47. The van der Waals surface area contributed by atoms with E-state index in [1.807, 2.05) is 17.0 Å². The standard InChI is InChI=1S/C10H11ClN4S2/c11-8-7-17-10(13-8)15-4-2-14(3-5-15)9-12-1-6-16-9/h1,6-7H,2-5H2. The van der Waals surface area contributed by atoms with E-state index in [9.17, 15) is 0 Å². The molecule has 0 amide bonds. The second kappa shape index (κ2) is 4.80. The second-order valence-corrected chi connectivity index (χ2v) is 5.84. The van der Waals surface area contributed by atoms with E-state index in [0.717, 1.165) is 36.4 Å². The van der Waals surface area contributed by atoms with Crippen molar-refractivity contribution >= 4 is 44.5 Å². The van der Waals surface area contributed by atoms with Gasteiger partial charge < -0.3 is 9.80 Å². The van der Waals surface area contributed by atoms with Crippen LogP contribution in [0.15, 0.2) is 17.0 Å². The van der Waals surface area contributed by atoms with Crippen molar-refractivity contribution in [2.24, 2.45) is 0 Å². The number of hydrogen-bond donors (Lipinski definition) is 0. The van der Waals surface area contributed by atoms with E-state index in [-0.39, 0.29) is 0 Å². The van der Waals surface area contributed by atoms with Crippen molar-refractivity contribution in [2.75, 3.05) is 36.0 Å². The molecular weight excluding hydrogens is 276 g/mol. The zero-order chi connectivity index (χ0) is 11.7. The van der Waals surface area contributed by atoms with Crippen LogP contribution in [0.2, 0.25) is 5.15 Å². The number of hydrogen-bond acceptors (Lipinski definition) is 6. The van der Waals surface area contributed by atoms with Gasteiger partial charge in [-0.1, -0.05) is 11.6 Å². The van der Waals surface area contributed by atoms with Gasteiger partial charge in [-0.05, 0) is 0 Å². The molecule has 0 unspecified atom stereocenters. The highest BCUT2D eigenvalue weighted by atomic mass is 35.5. The van der Waals surface area contributed by atoms with Crippen molar-refractivity contribution in [1.82, 2.24) is 9.97 Å². The lowest BCUT2D eigenvalue weighted by Crippen LogP contribution is -2.46. The summed E-state index contributed by atoms with van der Waals surface area (Å²) in [6.45, 7) is 3.93. The van der Waals surface area contributed by atoms with Crippen molar-refractivity contribution in [1.29, 1.82) is 0 Å². The number of thiazole rings is 2. The Morgan fingerprint density at radius 1 is 1.06 bits per heavy atom. The van der Waals surface area contributed by atoms with Crippen LogP contribution >= 0.6 is 34.3 Å². The van der Waals surface area contributed by atoms with Crippen LogP contribution in [0.4, 0.5) is 10.3 Å².